The monoisotopic (exact) mass is 192 g/mol. The summed E-state index contributed by atoms with van der Waals surface area (Å²) in [6, 6.07) is 2.89. The molecule has 0 unspecified atom stereocenters. The van der Waals surface area contributed by atoms with Crippen molar-refractivity contribution in [2.45, 2.75) is 6.54 Å². The fraction of sp³-hybridized carbons (Fsp3) is 0.111. The van der Waals surface area contributed by atoms with E-state index in [1.165, 1.54) is 22.9 Å². The van der Waals surface area contributed by atoms with Crippen LogP contribution in [0.15, 0.2) is 30.7 Å². The molecule has 2 aromatic heterocycles. The van der Waals surface area contributed by atoms with Crippen LogP contribution in [0.2, 0.25) is 0 Å². The normalized spacial score (nSPS) is 10.4. The standard InChI is InChI=1S/C9H9FN4/c10-7-2-1-3-13-9(7)14-5-4-12-8(14)6-11/h1-5H,6,11H2. The van der Waals surface area contributed by atoms with Crippen molar-refractivity contribution in [2.75, 3.05) is 0 Å². The first kappa shape index (κ1) is 8.83. The summed E-state index contributed by atoms with van der Waals surface area (Å²) in [5.41, 5.74) is 5.45. The predicted molar refractivity (Wildman–Crippen MR) is 49.2 cm³/mol. The van der Waals surface area contributed by atoms with Crippen molar-refractivity contribution in [3.8, 4) is 5.82 Å². The molecule has 2 heterocycles. The van der Waals surface area contributed by atoms with E-state index in [9.17, 15) is 4.39 Å². The third-order valence-corrected chi connectivity index (χ3v) is 1.87. The molecule has 0 aliphatic heterocycles. The van der Waals surface area contributed by atoms with Gasteiger partial charge in [-0.2, -0.15) is 0 Å². The molecule has 0 bridgehead atoms. The van der Waals surface area contributed by atoms with Gasteiger partial charge in [0, 0.05) is 18.6 Å². The molecule has 0 amide bonds. The Morgan fingerprint density at radius 2 is 2.21 bits per heavy atom. The van der Waals surface area contributed by atoms with Gasteiger partial charge in [-0.1, -0.05) is 0 Å². The van der Waals surface area contributed by atoms with Gasteiger partial charge in [0.2, 0.25) is 0 Å². The lowest BCUT2D eigenvalue weighted by atomic mass is 10.4. The molecule has 5 heteroatoms. The van der Waals surface area contributed by atoms with E-state index in [4.69, 9.17) is 5.73 Å². The molecule has 72 valence electrons. The summed E-state index contributed by atoms with van der Waals surface area (Å²) >= 11 is 0. The second kappa shape index (κ2) is 3.55. The first-order valence-corrected chi connectivity index (χ1v) is 4.16. The maximum absolute atomic E-state index is 13.3. The predicted octanol–water partition coefficient (Wildman–Crippen LogP) is 0.865. The lowest BCUT2D eigenvalue weighted by Crippen LogP contribution is -2.08. The Balaban J connectivity index is 2.54. The summed E-state index contributed by atoms with van der Waals surface area (Å²) in [7, 11) is 0. The molecule has 2 aromatic rings. The summed E-state index contributed by atoms with van der Waals surface area (Å²) in [5.74, 6) is 0.424. The molecule has 0 spiro atoms. The van der Waals surface area contributed by atoms with E-state index in [-0.39, 0.29) is 18.2 Å². The van der Waals surface area contributed by atoms with E-state index in [0.717, 1.165) is 0 Å². The van der Waals surface area contributed by atoms with Gasteiger partial charge >= 0.3 is 0 Å². The van der Waals surface area contributed by atoms with Gasteiger partial charge in [0.1, 0.15) is 5.82 Å². The van der Waals surface area contributed by atoms with E-state index in [0.29, 0.717) is 5.82 Å². The first-order chi connectivity index (χ1) is 6.83. The SMILES string of the molecule is NCc1nccn1-c1ncccc1F. The number of hydrogen-bond donors (Lipinski definition) is 1. The van der Waals surface area contributed by atoms with Crippen LogP contribution in [0.4, 0.5) is 4.39 Å². The Labute approximate surface area is 80.2 Å². The van der Waals surface area contributed by atoms with Gasteiger partial charge in [-0.25, -0.2) is 14.4 Å². The summed E-state index contributed by atoms with van der Waals surface area (Å²) in [6.45, 7) is 0.253. The Morgan fingerprint density at radius 3 is 2.93 bits per heavy atom. The lowest BCUT2D eigenvalue weighted by Gasteiger charge is -2.05. The maximum Gasteiger partial charge on any atom is 0.174 e. The third kappa shape index (κ3) is 1.38. The molecule has 0 saturated heterocycles. The molecule has 4 nitrogen and oxygen atoms in total. The number of nitrogens with zero attached hydrogens (tertiary/aromatic N) is 3. The summed E-state index contributed by atoms with van der Waals surface area (Å²) in [5, 5.41) is 0. The maximum atomic E-state index is 13.3. The van der Waals surface area contributed by atoms with Crippen LogP contribution in [-0.4, -0.2) is 14.5 Å². The van der Waals surface area contributed by atoms with E-state index in [1.54, 1.807) is 12.4 Å². The molecular formula is C9H9FN4. The van der Waals surface area contributed by atoms with Gasteiger partial charge < -0.3 is 5.73 Å². The highest BCUT2D eigenvalue weighted by atomic mass is 19.1. The van der Waals surface area contributed by atoms with Gasteiger partial charge in [0.15, 0.2) is 11.6 Å². The minimum absolute atomic E-state index is 0.227. The highest BCUT2D eigenvalue weighted by molar-refractivity contribution is 5.26. The molecule has 0 aliphatic carbocycles. The van der Waals surface area contributed by atoms with E-state index in [1.807, 2.05) is 0 Å². The molecular weight excluding hydrogens is 183 g/mol. The second-order valence-corrected chi connectivity index (χ2v) is 2.73. The number of imidazole rings is 1. The fourth-order valence-corrected chi connectivity index (χ4v) is 1.23. The third-order valence-electron chi connectivity index (χ3n) is 1.87. The Bertz CT molecular complexity index is 438. The van der Waals surface area contributed by atoms with Crippen molar-refractivity contribution < 1.29 is 4.39 Å². The highest BCUT2D eigenvalue weighted by Crippen LogP contribution is 2.10. The number of halogens is 1. The Morgan fingerprint density at radius 1 is 1.36 bits per heavy atom. The molecule has 0 fully saturated rings. The van der Waals surface area contributed by atoms with Crippen molar-refractivity contribution in [3.63, 3.8) is 0 Å². The lowest BCUT2D eigenvalue weighted by molar-refractivity contribution is 0.605. The van der Waals surface area contributed by atoms with Crippen molar-refractivity contribution in [1.82, 2.24) is 14.5 Å². The average molecular weight is 192 g/mol. The van der Waals surface area contributed by atoms with Gasteiger partial charge in [-0.05, 0) is 12.1 Å². The molecule has 0 aliphatic rings. The average Bonchev–Trinajstić information content (AvgIpc) is 2.66. The van der Waals surface area contributed by atoms with Crippen LogP contribution < -0.4 is 5.73 Å². The summed E-state index contributed by atoms with van der Waals surface area (Å²) < 4.78 is 14.9. The number of hydrogen-bond acceptors (Lipinski definition) is 3. The quantitative estimate of drug-likeness (QED) is 0.767. The van der Waals surface area contributed by atoms with Crippen LogP contribution in [0.1, 0.15) is 5.82 Å². The Kier molecular flexibility index (Phi) is 2.24. The molecule has 2 N–H and O–H groups in total. The number of rotatable bonds is 2. The molecule has 14 heavy (non-hydrogen) atoms. The number of pyridine rings is 1. The summed E-state index contributed by atoms with van der Waals surface area (Å²) in [4.78, 5) is 7.91. The van der Waals surface area contributed by atoms with E-state index < -0.39 is 0 Å². The smallest absolute Gasteiger partial charge is 0.174 e. The first-order valence-electron chi connectivity index (χ1n) is 4.16. The van der Waals surface area contributed by atoms with E-state index >= 15 is 0 Å². The van der Waals surface area contributed by atoms with Gasteiger partial charge in [0.05, 0.1) is 6.54 Å². The van der Waals surface area contributed by atoms with Crippen LogP contribution in [0.3, 0.4) is 0 Å². The van der Waals surface area contributed by atoms with Crippen LogP contribution in [0, 0.1) is 5.82 Å². The summed E-state index contributed by atoms with van der Waals surface area (Å²) in [6.07, 6.45) is 4.72. The number of nitrogens with two attached hydrogens (primary N) is 1. The molecule has 0 atom stereocenters. The minimum Gasteiger partial charge on any atom is -0.324 e. The Hall–Kier alpha value is -1.75. The number of aromatic nitrogens is 3. The molecule has 0 aromatic carbocycles. The largest absolute Gasteiger partial charge is 0.324 e. The molecule has 0 saturated carbocycles. The topological polar surface area (TPSA) is 56.7 Å². The second-order valence-electron chi connectivity index (χ2n) is 2.73. The minimum atomic E-state index is -0.389. The van der Waals surface area contributed by atoms with Crippen molar-refractivity contribution in [1.29, 1.82) is 0 Å². The van der Waals surface area contributed by atoms with Gasteiger partial charge in [-0.15, -0.1) is 0 Å². The zero-order valence-electron chi connectivity index (χ0n) is 7.39. The molecule has 2 rings (SSSR count). The molecule has 0 radical (unpaired) electrons. The van der Waals surface area contributed by atoms with Crippen LogP contribution in [0.25, 0.3) is 5.82 Å². The van der Waals surface area contributed by atoms with Crippen LogP contribution >= 0.6 is 0 Å². The van der Waals surface area contributed by atoms with Crippen molar-refractivity contribution in [3.05, 3.63) is 42.4 Å². The van der Waals surface area contributed by atoms with Gasteiger partial charge in [-0.3, -0.25) is 4.57 Å². The fourth-order valence-electron chi connectivity index (χ4n) is 1.23. The van der Waals surface area contributed by atoms with Gasteiger partial charge in [0.25, 0.3) is 0 Å². The zero-order valence-corrected chi connectivity index (χ0v) is 7.39. The van der Waals surface area contributed by atoms with Crippen molar-refractivity contribution >= 4 is 0 Å². The van der Waals surface area contributed by atoms with Crippen molar-refractivity contribution in [2.24, 2.45) is 5.73 Å². The zero-order chi connectivity index (χ0) is 9.97. The van der Waals surface area contributed by atoms with Crippen LogP contribution in [0.5, 0.6) is 0 Å². The van der Waals surface area contributed by atoms with E-state index in [2.05, 4.69) is 9.97 Å². The van der Waals surface area contributed by atoms with Crippen LogP contribution in [-0.2, 0) is 6.54 Å². The highest BCUT2D eigenvalue weighted by Gasteiger charge is 2.08.